The van der Waals surface area contributed by atoms with Crippen LogP contribution in [-0.2, 0) is 4.74 Å². The first kappa shape index (κ1) is 12.5. The van der Waals surface area contributed by atoms with Crippen LogP contribution in [0.25, 0.3) is 0 Å². The summed E-state index contributed by atoms with van der Waals surface area (Å²) in [5.41, 5.74) is 5.07. The summed E-state index contributed by atoms with van der Waals surface area (Å²) in [5, 5.41) is 10.8. The molecule has 0 radical (unpaired) electrons. The number of rotatable bonds is 4. The third-order valence-electron chi connectivity index (χ3n) is 2.80. The molecule has 1 aliphatic heterocycles. The van der Waals surface area contributed by atoms with Gasteiger partial charge in [0.1, 0.15) is 6.33 Å². The third-order valence-corrected chi connectivity index (χ3v) is 2.80. The molecular formula is C10H14N4O4. The summed E-state index contributed by atoms with van der Waals surface area (Å²) in [5.74, 6) is 0.0745. The number of ether oxygens (including phenoxy) is 2. The van der Waals surface area contributed by atoms with E-state index in [0.29, 0.717) is 25.7 Å². The minimum Gasteiger partial charge on any atom is -0.472 e. The van der Waals surface area contributed by atoms with E-state index in [2.05, 4.69) is 9.97 Å². The molecule has 2 heterocycles. The topological polar surface area (TPSA) is 113 Å². The molecule has 8 nitrogen and oxygen atoms in total. The monoisotopic (exact) mass is 254 g/mol. The predicted octanol–water partition coefficient (Wildman–Crippen LogP) is 0.772. The lowest BCUT2D eigenvalue weighted by Gasteiger charge is -2.21. The number of nitro groups is 1. The van der Waals surface area contributed by atoms with Crippen molar-refractivity contribution in [1.29, 1.82) is 0 Å². The van der Waals surface area contributed by atoms with Crippen molar-refractivity contribution < 1.29 is 14.4 Å². The molecule has 1 aliphatic rings. The highest BCUT2D eigenvalue weighted by molar-refractivity contribution is 5.57. The highest BCUT2D eigenvalue weighted by atomic mass is 16.6. The van der Waals surface area contributed by atoms with Crippen molar-refractivity contribution >= 4 is 11.5 Å². The Bertz CT molecular complexity index is 434. The van der Waals surface area contributed by atoms with Gasteiger partial charge >= 0.3 is 5.69 Å². The van der Waals surface area contributed by atoms with Gasteiger partial charge in [-0.1, -0.05) is 0 Å². The summed E-state index contributed by atoms with van der Waals surface area (Å²) >= 11 is 0. The lowest BCUT2D eigenvalue weighted by atomic mass is 10.0. The maximum atomic E-state index is 10.8. The van der Waals surface area contributed by atoms with E-state index in [1.54, 1.807) is 0 Å². The quantitative estimate of drug-likeness (QED) is 0.623. The molecule has 0 unspecified atom stereocenters. The van der Waals surface area contributed by atoms with Gasteiger partial charge in [-0.2, -0.15) is 4.98 Å². The van der Waals surface area contributed by atoms with Crippen LogP contribution in [0.15, 0.2) is 6.33 Å². The van der Waals surface area contributed by atoms with Crippen LogP contribution in [-0.4, -0.2) is 34.7 Å². The van der Waals surface area contributed by atoms with Crippen LogP contribution >= 0.6 is 0 Å². The zero-order valence-corrected chi connectivity index (χ0v) is 9.74. The number of hydrogen-bond acceptors (Lipinski definition) is 7. The van der Waals surface area contributed by atoms with Crippen LogP contribution in [0, 0.1) is 16.0 Å². The van der Waals surface area contributed by atoms with Gasteiger partial charge in [-0.15, -0.1) is 0 Å². The van der Waals surface area contributed by atoms with Gasteiger partial charge in [0.05, 0.1) is 11.5 Å². The minimum atomic E-state index is -0.630. The molecule has 0 aliphatic carbocycles. The van der Waals surface area contributed by atoms with E-state index in [1.807, 2.05) is 0 Å². The first-order valence-corrected chi connectivity index (χ1v) is 5.64. The Morgan fingerprint density at radius 3 is 2.89 bits per heavy atom. The van der Waals surface area contributed by atoms with Crippen LogP contribution in [0.5, 0.6) is 5.88 Å². The summed E-state index contributed by atoms with van der Waals surface area (Å²) in [4.78, 5) is 17.5. The molecule has 8 heteroatoms. The SMILES string of the molecule is Nc1ncnc(OCC2CCOCC2)c1[N+](=O)[O-]. The van der Waals surface area contributed by atoms with Crippen molar-refractivity contribution in [1.82, 2.24) is 9.97 Å². The van der Waals surface area contributed by atoms with Crippen molar-refractivity contribution in [2.45, 2.75) is 12.8 Å². The number of nitrogens with zero attached hydrogens (tertiary/aromatic N) is 3. The summed E-state index contributed by atoms with van der Waals surface area (Å²) < 4.78 is 10.6. The average molecular weight is 254 g/mol. The Morgan fingerprint density at radius 2 is 2.22 bits per heavy atom. The highest BCUT2D eigenvalue weighted by Gasteiger charge is 2.24. The summed E-state index contributed by atoms with van der Waals surface area (Å²) in [7, 11) is 0. The van der Waals surface area contributed by atoms with Crippen molar-refractivity contribution in [3.63, 3.8) is 0 Å². The first-order chi connectivity index (χ1) is 8.68. The Kier molecular flexibility index (Phi) is 3.88. The fourth-order valence-electron chi connectivity index (χ4n) is 1.76. The lowest BCUT2D eigenvalue weighted by Crippen LogP contribution is -2.22. The summed E-state index contributed by atoms with van der Waals surface area (Å²) in [6.45, 7) is 1.77. The first-order valence-electron chi connectivity index (χ1n) is 5.64. The van der Waals surface area contributed by atoms with Crippen LogP contribution in [0.1, 0.15) is 12.8 Å². The smallest absolute Gasteiger partial charge is 0.372 e. The summed E-state index contributed by atoms with van der Waals surface area (Å²) in [6, 6.07) is 0. The van der Waals surface area contributed by atoms with E-state index in [1.165, 1.54) is 0 Å². The average Bonchev–Trinajstić information content (AvgIpc) is 2.37. The van der Waals surface area contributed by atoms with E-state index in [4.69, 9.17) is 15.2 Å². The standard InChI is InChI=1S/C10H14N4O4/c11-9-8(14(15)16)10(13-6-12-9)18-5-7-1-3-17-4-2-7/h6-7H,1-5H2,(H2,11,12,13). The molecule has 0 aromatic carbocycles. The molecule has 0 bridgehead atoms. The highest BCUT2D eigenvalue weighted by Crippen LogP contribution is 2.29. The molecule has 0 spiro atoms. The fraction of sp³-hybridized carbons (Fsp3) is 0.600. The molecule has 0 amide bonds. The summed E-state index contributed by atoms with van der Waals surface area (Å²) in [6.07, 6.45) is 2.92. The van der Waals surface area contributed by atoms with Gasteiger partial charge in [0.25, 0.3) is 5.88 Å². The van der Waals surface area contributed by atoms with Crippen molar-refractivity contribution in [2.75, 3.05) is 25.6 Å². The van der Waals surface area contributed by atoms with Crippen molar-refractivity contribution in [2.24, 2.45) is 5.92 Å². The van der Waals surface area contributed by atoms with Gasteiger partial charge in [-0.3, -0.25) is 10.1 Å². The van der Waals surface area contributed by atoms with Crippen LogP contribution in [0.3, 0.4) is 0 Å². The molecule has 1 saturated heterocycles. The van der Waals surface area contributed by atoms with Gasteiger partial charge in [0, 0.05) is 13.2 Å². The van der Waals surface area contributed by atoms with Gasteiger partial charge in [0.2, 0.25) is 5.82 Å². The molecule has 0 saturated carbocycles. The zero-order chi connectivity index (χ0) is 13.0. The molecule has 1 aromatic rings. The molecular weight excluding hydrogens is 240 g/mol. The van der Waals surface area contributed by atoms with Crippen molar-refractivity contribution in [3.8, 4) is 5.88 Å². The normalized spacial score (nSPS) is 16.4. The second-order valence-electron chi connectivity index (χ2n) is 4.04. The van der Waals surface area contributed by atoms with Crippen LogP contribution < -0.4 is 10.5 Å². The molecule has 0 atom stereocenters. The molecule has 2 rings (SSSR count). The zero-order valence-electron chi connectivity index (χ0n) is 9.74. The van der Waals surface area contributed by atoms with E-state index in [9.17, 15) is 10.1 Å². The lowest BCUT2D eigenvalue weighted by molar-refractivity contribution is -0.385. The van der Waals surface area contributed by atoms with E-state index in [-0.39, 0.29) is 17.4 Å². The van der Waals surface area contributed by atoms with Crippen LogP contribution in [0.4, 0.5) is 11.5 Å². The third kappa shape index (κ3) is 2.83. The Balaban J connectivity index is 2.04. The molecule has 1 aromatic heterocycles. The maximum absolute atomic E-state index is 10.8. The second-order valence-corrected chi connectivity index (χ2v) is 4.04. The Labute approximate surface area is 103 Å². The van der Waals surface area contributed by atoms with E-state index < -0.39 is 4.92 Å². The van der Waals surface area contributed by atoms with Crippen LogP contribution in [0.2, 0.25) is 0 Å². The number of anilines is 1. The van der Waals surface area contributed by atoms with Crippen molar-refractivity contribution in [3.05, 3.63) is 16.4 Å². The van der Waals surface area contributed by atoms with Gasteiger partial charge in [-0.05, 0) is 18.8 Å². The van der Waals surface area contributed by atoms with E-state index in [0.717, 1.165) is 19.2 Å². The van der Waals surface area contributed by atoms with Gasteiger partial charge in [-0.25, -0.2) is 4.98 Å². The Morgan fingerprint density at radius 1 is 1.50 bits per heavy atom. The molecule has 1 fully saturated rings. The number of hydrogen-bond donors (Lipinski definition) is 1. The number of aromatic nitrogens is 2. The largest absolute Gasteiger partial charge is 0.472 e. The fourth-order valence-corrected chi connectivity index (χ4v) is 1.76. The van der Waals surface area contributed by atoms with E-state index >= 15 is 0 Å². The molecule has 18 heavy (non-hydrogen) atoms. The minimum absolute atomic E-state index is 0.0704. The molecule has 98 valence electrons. The molecule has 2 N–H and O–H groups in total. The Hall–Kier alpha value is -1.96. The maximum Gasteiger partial charge on any atom is 0.372 e. The number of nitrogen functional groups attached to an aromatic ring is 1. The van der Waals surface area contributed by atoms with Gasteiger partial charge < -0.3 is 15.2 Å². The second kappa shape index (κ2) is 5.58. The number of nitrogens with two attached hydrogens (primary N) is 1. The van der Waals surface area contributed by atoms with Gasteiger partial charge in [0.15, 0.2) is 0 Å². The predicted molar refractivity (Wildman–Crippen MR) is 62.1 cm³/mol.